The van der Waals surface area contributed by atoms with Crippen LogP contribution in [0.2, 0.25) is 0 Å². The van der Waals surface area contributed by atoms with Gasteiger partial charge in [0.2, 0.25) is 5.91 Å². The second kappa shape index (κ2) is 8.29. The van der Waals surface area contributed by atoms with Gasteiger partial charge in [0.25, 0.3) is 0 Å². The molecule has 1 unspecified atom stereocenters. The first-order valence-corrected chi connectivity index (χ1v) is 6.35. The highest BCUT2D eigenvalue weighted by molar-refractivity contribution is 5.94. The van der Waals surface area contributed by atoms with Crippen LogP contribution in [0.3, 0.4) is 0 Å². The van der Waals surface area contributed by atoms with Gasteiger partial charge in [0.1, 0.15) is 6.04 Å². The first kappa shape index (κ1) is 16.1. The molecule has 0 radical (unpaired) electrons. The number of hydrogen-bond donors (Lipinski definition) is 3. The zero-order valence-corrected chi connectivity index (χ0v) is 11.7. The van der Waals surface area contributed by atoms with Gasteiger partial charge in [-0.2, -0.15) is 0 Å². The Bertz CT molecular complexity index is 462. The summed E-state index contributed by atoms with van der Waals surface area (Å²) in [6.45, 7) is 2.65. The first-order chi connectivity index (χ1) is 9.54. The number of aliphatic carboxylic acids is 1. The van der Waals surface area contributed by atoms with Gasteiger partial charge in [-0.1, -0.05) is 18.2 Å². The van der Waals surface area contributed by atoms with E-state index in [0.29, 0.717) is 18.8 Å². The van der Waals surface area contributed by atoms with E-state index in [2.05, 4.69) is 10.6 Å². The van der Waals surface area contributed by atoms with Crippen molar-refractivity contribution in [3.8, 4) is 0 Å². The normalized spacial score (nSPS) is 11.9. The van der Waals surface area contributed by atoms with Gasteiger partial charge in [-0.15, -0.1) is 0 Å². The number of carbonyl (C=O) groups is 2. The lowest BCUT2D eigenvalue weighted by atomic mass is 10.1. The highest BCUT2D eigenvalue weighted by Crippen LogP contribution is 2.13. The minimum absolute atomic E-state index is 0.132. The molecular weight excluding hydrogens is 260 g/mol. The van der Waals surface area contributed by atoms with Crippen LogP contribution in [-0.2, 0) is 14.3 Å². The zero-order valence-electron chi connectivity index (χ0n) is 11.7. The fourth-order valence-corrected chi connectivity index (χ4v) is 1.68. The van der Waals surface area contributed by atoms with E-state index < -0.39 is 12.0 Å². The van der Waals surface area contributed by atoms with E-state index in [9.17, 15) is 9.59 Å². The average Bonchev–Trinajstić information content (AvgIpc) is 2.40. The fourth-order valence-electron chi connectivity index (χ4n) is 1.68. The number of rotatable bonds is 8. The summed E-state index contributed by atoms with van der Waals surface area (Å²) in [6, 6.07) is 6.42. The molecule has 1 atom stereocenters. The van der Waals surface area contributed by atoms with Gasteiger partial charge < -0.3 is 20.5 Å². The third-order valence-electron chi connectivity index (χ3n) is 2.80. The van der Waals surface area contributed by atoms with Crippen molar-refractivity contribution in [1.82, 2.24) is 5.32 Å². The Kier molecular flexibility index (Phi) is 6.69. The van der Waals surface area contributed by atoms with E-state index in [1.807, 2.05) is 25.1 Å². The minimum Gasteiger partial charge on any atom is -0.480 e. The number of ether oxygens (including phenoxy) is 1. The summed E-state index contributed by atoms with van der Waals surface area (Å²) in [5.74, 6) is -1.39. The lowest BCUT2D eigenvalue weighted by Crippen LogP contribution is -2.41. The van der Waals surface area contributed by atoms with Crippen molar-refractivity contribution < 1.29 is 19.4 Å². The van der Waals surface area contributed by atoms with Crippen molar-refractivity contribution in [1.29, 1.82) is 0 Å². The summed E-state index contributed by atoms with van der Waals surface area (Å²) in [5, 5.41) is 14.5. The Morgan fingerprint density at radius 1 is 1.35 bits per heavy atom. The molecule has 0 heterocycles. The summed E-state index contributed by atoms with van der Waals surface area (Å²) in [6.07, 6.45) is -0.132. The lowest BCUT2D eigenvalue weighted by molar-refractivity contribution is -0.141. The van der Waals surface area contributed by atoms with Crippen LogP contribution in [0, 0.1) is 6.92 Å². The number of hydrogen-bond acceptors (Lipinski definition) is 4. The van der Waals surface area contributed by atoms with E-state index in [0.717, 1.165) is 5.56 Å². The molecule has 0 fully saturated rings. The molecule has 20 heavy (non-hydrogen) atoms. The van der Waals surface area contributed by atoms with Crippen molar-refractivity contribution in [2.75, 3.05) is 25.6 Å². The van der Waals surface area contributed by atoms with Gasteiger partial charge in [0.05, 0.1) is 13.0 Å². The second-order valence-corrected chi connectivity index (χ2v) is 4.40. The lowest BCUT2D eigenvalue weighted by Gasteiger charge is -2.14. The molecule has 0 aliphatic rings. The maximum absolute atomic E-state index is 11.9. The molecular formula is C14H20N2O4. The SMILES string of the molecule is COCCNC(CC(=O)Nc1ccccc1C)C(=O)O. The number of anilines is 1. The first-order valence-electron chi connectivity index (χ1n) is 6.35. The Labute approximate surface area is 118 Å². The highest BCUT2D eigenvalue weighted by Gasteiger charge is 2.20. The van der Waals surface area contributed by atoms with Crippen LogP contribution >= 0.6 is 0 Å². The Morgan fingerprint density at radius 2 is 2.05 bits per heavy atom. The third kappa shape index (κ3) is 5.38. The average molecular weight is 280 g/mol. The fraction of sp³-hybridized carbons (Fsp3) is 0.429. The monoisotopic (exact) mass is 280 g/mol. The highest BCUT2D eigenvalue weighted by atomic mass is 16.5. The van der Waals surface area contributed by atoms with E-state index in [4.69, 9.17) is 9.84 Å². The smallest absolute Gasteiger partial charge is 0.321 e. The van der Waals surface area contributed by atoms with Crippen molar-refractivity contribution in [2.45, 2.75) is 19.4 Å². The molecule has 3 N–H and O–H groups in total. The van der Waals surface area contributed by atoms with Crippen molar-refractivity contribution in [3.63, 3.8) is 0 Å². The molecule has 1 aromatic rings. The number of carboxylic acid groups (broad SMARTS) is 1. The van der Waals surface area contributed by atoms with Crippen molar-refractivity contribution >= 4 is 17.6 Å². The molecule has 6 nitrogen and oxygen atoms in total. The number of methoxy groups -OCH3 is 1. The number of para-hydroxylation sites is 1. The van der Waals surface area contributed by atoms with Gasteiger partial charge in [-0.25, -0.2) is 0 Å². The second-order valence-electron chi connectivity index (χ2n) is 4.40. The topological polar surface area (TPSA) is 87.7 Å². The summed E-state index contributed by atoms with van der Waals surface area (Å²) < 4.78 is 4.83. The Balaban J connectivity index is 2.54. The van der Waals surface area contributed by atoms with Crippen LogP contribution in [0.5, 0.6) is 0 Å². The molecule has 0 aliphatic carbocycles. The van der Waals surface area contributed by atoms with Crippen LogP contribution < -0.4 is 10.6 Å². The number of aryl methyl sites for hydroxylation is 1. The summed E-state index contributed by atoms with van der Waals surface area (Å²) >= 11 is 0. The summed E-state index contributed by atoms with van der Waals surface area (Å²) in [7, 11) is 1.53. The van der Waals surface area contributed by atoms with Crippen LogP contribution in [0.25, 0.3) is 0 Å². The van der Waals surface area contributed by atoms with E-state index in [-0.39, 0.29) is 12.3 Å². The van der Waals surface area contributed by atoms with E-state index in [1.54, 1.807) is 6.07 Å². The quantitative estimate of drug-likeness (QED) is 0.619. The zero-order chi connectivity index (χ0) is 15.0. The van der Waals surface area contributed by atoms with E-state index >= 15 is 0 Å². The van der Waals surface area contributed by atoms with Crippen LogP contribution in [-0.4, -0.2) is 43.3 Å². The Hall–Kier alpha value is -1.92. The molecule has 6 heteroatoms. The molecule has 1 aromatic carbocycles. The maximum atomic E-state index is 11.9. The number of carbonyl (C=O) groups excluding carboxylic acids is 1. The third-order valence-corrected chi connectivity index (χ3v) is 2.80. The van der Waals surface area contributed by atoms with Gasteiger partial charge in [-0.05, 0) is 18.6 Å². The molecule has 1 amide bonds. The largest absolute Gasteiger partial charge is 0.480 e. The molecule has 0 bridgehead atoms. The standard InChI is InChI=1S/C14H20N2O4/c1-10-5-3-4-6-11(10)16-13(17)9-12(14(18)19)15-7-8-20-2/h3-6,12,15H,7-9H2,1-2H3,(H,16,17)(H,18,19). The van der Waals surface area contributed by atoms with Gasteiger partial charge in [0, 0.05) is 19.3 Å². The molecule has 0 saturated carbocycles. The molecule has 0 saturated heterocycles. The predicted molar refractivity (Wildman–Crippen MR) is 75.7 cm³/mol. The predicted octanol–water partition coefficient (Wildman–Crippen LogP) is 1.01. The number of nitrogens with one attached hydrogen (secondary N) is 2. The number of carboxylic acids is 1. The number of benzene rings is 1. The molecule has 0 spiro atoms. The minimum atomic E-state index is -1.05. The molecule has 1 rings (SSSR count). The Morgan fingerprint density at radius 3 is 2.65 bits per heavy atom. The molecule has 0 aromatic heterocycles. The maximum Gasteiger partial charge on any atom is 0.321 e. The molecule has 110 valence electrons. The van der Waals surface area contributed by atoms with Crippen molar-refractivity contribution in [3.05, 3.63) is 29.8 Å². The van der Waals surface area contributed by atoms with Crippen LogP contribution in [0.4, 0.5) is 5.69 Å². The van der Waals surface area contributed by atoms with Gasteiger partial charge in [-0.3, -0.25) is 9.59 Å². The van der Waals surface area contributed by atoms with Gasteiger partial charge >= 0.3 is 5.97 Å². The van der Waals surface area contributed by atoms with Crippen LogP contribution in [0.15, 0.2) is 24.3 Å². The van der Waals surface area contributed by atoms with Crippen molar-refractivity contribution in [2.24, 2.45) is 0 Å². The summed E-state index contributed by atoms with van der Waals surface area (Å²) in [5.41, 5.74) is 1.62. The molecule has 0 aliphatic heterocycles. The van der Waals surface area contributed by atoms with Gasteiger partial charge in [0.15, 0.2) is 0 Å². The number of amides is 1. The van der Waals surface area contributed by atoms with E-state index in [1.165, 1.54) is 7.11 Å². The summed E-state index contributed by atoms with van der Waals surface area (Å²) in [4.78, 5) is 22.9. The van der Waals surface area contributed by atoms with Crippen LogP contribution in [0.1, 0.15) is 12.0 Å².